The van der Waals surface area contributed by atoms with Gasteiger partial charge in [-0.25, -0.2) is 4.90 Å². The largest absolute Gasteiger partial charge is 0.631 e. The summed E-state index contributed by atoms with van der Waals surface area (Å²) in [6.45, 7) is 10.0. The van der Waals surface area contributed by atoms with E-state index >= 15 is 0 Å². The molecule has 2 fully saturated rings. The molecule has 0 spiro atoms. The maximum Gasteiger partial charge on any atom is 0.182 e. The molecule has 0 radical (unpaired) electrons. The minimum absolute atomic E-state index is 0.0336. The lowest BCUT2D eigenvalue weighted by molar-refractivity contribution is -0.927. The number of piperidine rings is 1. The van der Waals surface area contributed by atoms with E-state index in [1.54, 1.807) is 0 Å². The average Bonchev–Trinajstić information content (AvgIpc) is 2.74. The lowest BCUT2D eigenvalue weighted by Gasteiger charge is -2.65. The zero-order chi connectivity index (χ0) is 16.9. The summed E-state index contributed by atoms with van der Waals surface area (Å²) in [5, 5.41) is 13.7. The van der Waals surface area contributed by atoms with Crippen LogP contribution in [0.4, 0.5) is 0 Å². The molecule has 2 heterocycles. The molecule has 2 aliphatic heterocycles. The molecule has 2 saturated heterocycles. The van der Waals surface area contributed by atoms with Crippen LogP contribution in [0.15, 0.2) is 30.3 Å². The highest BCUT2D eigenvalue weighted by Crippen LogP contribution is 2.55. The quantitative estimate of drug-likeness (QED) is 0.588. The Bertz CT molecular complexity index is 548. The number of hydrogen-bond acceptors (Lipinski definition) is 2. The third kappa shape index (κ3) is 2.45. The van der Waals surface area contributed by atoms with Gasteiger partial charge in [-0.3, -0.25) is 0 Å². The normalized spacial score (nSPS) is 37.0. The first-order valence-electron chi connectivity index (χ1n) is 9.06. The van der Waals surface area contributed by atoms with Crippen molar-refractivity contribution in [1.82, 2.24) is 4.90 Å². The maximum absolute atomic E-state index is 13.7. The first-order chi connectivity index (χ1) is 10.6. The molecule has 0 bridgehead atoms. The molecule has 1 aromatic rings. The molecule has 0 aliphatic carbocycles. The topological polar surface area (TPSA) is 26.3 Å². The fraction of sp³-hybridized carbons (Fsp3) is 0.700. The Morgan fingerprint density at radius 1 is 0.913 bits per heavy atom. The molecule has 3 heteroatoms. The molecule has 23 heavy (non-hydrogen) atoms. The number of nitrogens with zero attached hydrogens (tertiary/aromatic N) is 2. The highest BCUT2D eigenvalue weighted by Gasteiger charge is 2.61. The minimum Gasteiger partial charge on any atom is -0.631 e. The van der Waals surface area contributed by atoms with Crippen molar-refractivity contribution >= 4 is 0 Å². The number of rotatable bonds is 2. The van der Waals surface area contributed by atoms with Gasteiger partial charge in [-0.15, -0.1) is 0 Å². The van der Waals surface area contributed by atoms with E-state index in [1.165, 1.54) is 12.0 Å². The molecule has 0 aromatic heterocycles. The number of hydroxylamine groups is 3. The molecular formula is C20H32N2O. The van der Waals surface area contributed by atoms with E-state index in [1.807, 2.05) is 13.1 Å². The second-order valence-corrected chi connectivity index (χ2v) is 8.92. The molecule has 3 nitrogen and oxygen atoms in total. The number of benzene rings is 1. The van der Waals surface area contributed by atoms with Crippen molar-refractivity contribution in [2.24, 2.45) is 0 Å². The lowest BCUT2D eigenvalue weighted by atomic mass is 9.75. The third-order valence-corrected chi connectivity index (χ3v) is 6.29. The van der Waals surface area contributed by atoms with E-state index in [0.29, 0.717) is 6.54 Å². The number of likely N-dealkylation sites (tertiary alicyclic amines) is 2. The van der Waals surface area contributed by atoms with Gasteiger partial charge in [0.25, 0.3) is 0 Å². The van der Waals surface area contributed by atoms with Crippen LogP contribution in [0.3, 0.4) is 0 Å². The molecule has 1 aromatic carbocycles. The van der Waals surface area contributed by atoms with Crippen molar-refractivity contribution in [3.8, 4) is 0 Å². The van der Waals surface area contributed by atoms with Gasteiger partial charge >= 0.3 is 0 Å². The van der Waals surface area contributed by atoms with Crippen molar-refractivity contribution < 1.29 is 4.65 Å². The van der Waals surface area contributed by atoms with Crippen LogP contribution in [-0.2, 0) is 5.66 Å². The summed E-state index contributed by atoms with van der Waals surface area (Å²) < 4.78 is -0.177. The van der Waals surface area contributed by atoms with Crippen LogP contribution in [0, 0.1) is 5.21 Å². The third-order valence-electron chi connectivity index (χ3n) is 6.29. The Morgan fingerprint density at radius 2 is 1.48 bits per heavy atom. The van der Waals surface area contributed by atoms with Gasteiger partial charge in [0, 0.05) is 29.5 Å². The van der Waals surface area contributed by atoms with Gasteiger partial charge in [-0.05, 0) is 47.0 Å². The summed E-state index contributed by atoms with van der Waals surface area (Å²) in [6, 6.07) is 10.5. The van der Waals surface area contributed by atoms with E-state index < -0.39 is 5.66 Å². The SMILES string of the molecule is CC1(C)CCCC(C)(C)N1C1(c2ccccc2)CCC[N+]1(C)[O-]. The molecule has 0 N–H and O–H groups in total. The predicted octanol–water partition coefficient (Wildman–Crippen LogP) is 4.62. The zero-order valence-corrected chi connectivity index (χ0v) is 15.4. The average molecular weight is 316 g/mol. The zero-order valence-electron chi connectivity index (χ0n) is 15.4. The fourth-order valence-corrected chi connectivity index (χ4v) is 5.62. The van der Waals surface area contributed by atoms with Crippen LogP contribution in [0.5, 0.6) is 0 Å². The Kier molecular flexibility index (Phi) is 3.90. The first-order valence-corrected chi connectivity index (χ1v) is 9.06. The van der Waals surface area contributed by atoms with Crippen molar-refractivity contribution in [3.05, 3.63) is 41.1 Å². The van der Waals surface area contributed by atoms with Gasteiger partial charge in [-0.1, -0.05) is 30.3 Å². The molecule has 2 atom stereocenters. The molecule has 3 rings (SSSR count). The highest BCUT2D eigenvalue weighted by atomic mass is 16.6. The van der Waals surface area contributed by atoms with Gasteiger partial charge in [-0.2, -0.15) is 0 Å². The van der Waals surface area contributed by atoms with E-state index in [0.717, 1.165) is 25.7 Å². The monoisotopic (exact) mass is 316 g/mol. The highest BCUT2D eigenvalue weighted by molar-refractivity contribution is 5.25. The Morgan fingerprint density at radius 3 is 1.96 bits per heavy atom. The van der Waals surface area contributed by atoms with Crippen LogP contribution < -0.4 is 0 Å². The number of quaternary nitrogens is 1. The van der Waals surface area contributed by atoms with Crippen LogP contribution in [0.1, 0.15) is 65.4 Å². The van der Waals surface area contributed by atoms with Crippen molar-refractivity contribution in [2.75, 3.05) is 13.6 Å². The van der Waals surface area contributed by atoms with Gasteiger partial charge in [0.05, 0.1) is 13.6 Å². The summed E-state index contributed by atoms with van der Waals surface area (Å²) in [4.78, 5) is 2.60. The Hall–Kier alpha value is -0.900. The Balaban J connectivity index is 2.24. The van der Waals surface area contributed by atoms with Gasteiger partial charge in [0.2, 0.25) is 0 Å². The number of hydrogen-bond donors (Lipinski definition) is 0. The molecular weight excluding hydrogens is 284 g/mol. The van der Waals surface area contributed by atoms with Crippen LogP contribution in [0.2, 0.25) is 0 Å². The van der Waals surface area contributed by atoms with Gasteiger partial charge in [0.1, 0.15) is 0 Å². The van der Waals surface area contributed by atoms with E-state index in [9.17, 15) is 5.21 Å². The van der Waals surface area contributed by atoms with E-state index in [2.05, 4.69) is 56.9 Å². The van der Waals surface area contributed by atoms with Crippen LogP contribution in [-0.4, -0.2) is 34.2 Å². The molecule has 128 valence electrons. The predicted molar refractivity (Wildman–Crippen MR) is 95.6 cm³/mol. The second-order valence-electron chi connectivity index (χ2n) is 8.92. The smallest absolute Gasteiger partial charge is 0.182 e. The second kappa shape index (κ2) is 5.30. The maximum atomic E-state index is 13.7. The first kappa shape index (κ1) is 16.9. The molecule has 2 aliphatic rings. The van der Waals surface area contributed by atoms with Crippen LogP contribution in [0.25, 0.3) is 0 Å². The van der Waals surface area contributed by atoms with E-state index in [4.69, 9.17) is 0 Å². The van der Waals surface area contributed by atoms with Crippen molar-refractivity contribution in [1.29, 1.82) is 0 Å². The lowest BCUT2D eigenvalue weighted by Crippen LogP contribution is -2.73. The molecule has 0 saturated carbocycles. The van der Waals surface area contributed by atoms with Crippen molar-refractivity contribution in [2.45, 2.75) is 76.5 Å². The Labute approximate surface area is 141 Å². The summed E-state index contributed by atoms with van der Waals surface area (Å²) in [5.74, 6) is 0. The molecule has 2 unspecified atom stereocenters. The standard InChI is InChI=1S/C20H32N2O/c1-18(2)13-9-14-19(3,4)21(18)20(15-10-16-22(20,5)23)17-11-7-6-8-12-17/h6-8,11-12H,9-10,13-16H2,1-5H3. The van der Waals surface area contributed by atoms with Crippen LogP contribution >= 0.6 is 0 Å². The van der Waals surface area contributed by atoms with E-state index in [-0.39, 0.29) is 15.7 Å². The summed E-state index contributed by atoms with van der Waals surface area (Å²) in [6.07, 6.45) is 5.50. The van der Waals surface area contributed by atoms with Gasteiger partial charge < -0.3 is 9.85 Å². The van der Waals surface area contributed by atoms with Crippen molar-refractivity contribution in [3.63, 3.8) is 0 Å². The summed E-state index contributed by atoms with van der Waals surface area (Å²) in [7, 11) is 1.89. The summed E-state index contributed by atoms with van der Waals surface area (Å²) >= 11 is 0. The minimum atomic E-state index is -0.464. The molecule has 0 amide bonds. The fourth-order valence-electron chi connectivity index (χ4n) is 5.62. The summed E-state index contributed by atoms with van der Waals surface area (Å²) in [5.41, 5.74) is 0.796. The van der Waals surface area contributed by atoms with Gasteiger partial charge in [0.15, 0.2) is 5.66 Å².